The predicted octanol–water partition coefficient (Wildman–Crippen LogP) is 3.05. The number of ketones is 1. The minimum Gasteiger partial charge on any atom is -0.350 e. The molecule has 3 aromatic rings. The van der Waals surface area contributed by atoms with E-state index in [0.717, 1.165) is 20.4 Å². The quantitative estimate of drug-likeness (QED) is 0.705. The van der Waals surface area contributed by atoms with Crippen molar-refractivity contribution in [1.82, 2.24) is 14.7 Å². The molecule has 0 aliphatic carbocycles. The molecule has 0 aliphatic rings. The van der Waals surface area contributed by atoms with Crippen LogP contribution in [0.2, 0.25) is 0 Å². The van der Waals surface area contributed by atoms with E-state index >= 15 is 0 Å². The lowest BCUT2D eigenvalue weighted by atomic mass is 10.2. The minimum atomic E-state index is -0.127. The van der Waals surface area contributed by atoms with Gasteiger partial charge in [0.25, 0.3) is 0 Å². The van der Waals surface area contributed by atoms with Gasteiger partial charge in [-0.3, -0.25) is 14.0 Å². The van der Waals surface area contributed by atoms with E-state index in [9.17, 15) is 9.59 Å². The topological polar surface area (TPSA) is 63.5 Å². The second-order valence-corrected chi connectivity index (χ2v) is 7.10. The number of amides is 1. The lowest BCUT2D eigenvalue weighted by Gasteiger charge is -2.02. The highest BCUT2D eigenvalue weighted by atomic mass is 32.1. The Morgan fingerprint density at radius 1 is 1.32 bits per heavy atom. The number of carbonyl (C=O) groups is 2. The molecule has 5 nitrogen and oxygen atoms in total. The zero-order chi connectivity index (χ0) is 15.5. The van der Waals surface area contributed by atoms with Crippen LogP contribution in [0.25, 0.3) is 4.96 Å². The third kappa shape index (κ3) is 3.42. The van der Waals surface area contributed by atoms with Gasteiger partial charge in [0.1, 0.15) is 0 Å². The number of hydrogen-bond donors (Lipinski definition) is 1. The molecule has 3 aromatic heterocycles. The monoisotopic (exact) mass is 333 g/mol. The number of fused-ring (bicyclic) bond motifs is 1. The number of thiophene rings is 1. The standard InChI is InChI=1S/C15H15N3O2S2/c1-10-2-4-13(22-10)12(19)3-5-14(20)16-8-11-9-18-6-7-21-15(18)17-11/h2,4,6-7,9H,3,5,8H2,1H3,(H,16,20). The van der Waals surface area contributed by atoms with Crippen molar-refractivity contribution in [1.29, 1.82) is 0 Å². The van der Waals surface area contributed by atoms with Crippen molar-refractivity contribution < 1.29 is 9.59 Å². The lowest BCUT2D eigenvalue weighted by molar-refractivity contribution is -0.121. The smallest absolute Gasteiger partial charge is 0.220 e. The van der Waals surface area contributed by atoms with Crippen molar-refractivity contribution in [2.45, 2.75) is 26.3 Å². The number of hydrogen-bond acceptors (Lipinski definition) is 5. The normalized spacial score (nSPS) is 11.0. The summed E-state index contributed by atoms with van der Waals surface area (Å²) in [7, 11) is 0. The highest BCUT2D eigenvalue weighted by Crippen LogP contribution is 2.17. The summed E-state index contributed by atoms with van der Waals surface area (Å²) in [4.78, 5) is 30.9. The lowest BCUT2D eigenvalue weighted by Crippen LogP contribution is -2.23. The van der Waals surface area contributed by atoms with Gasteiger partial charge in [0.05, 0.1) is 17.1 Å². The minimum absolute atomic E-state index is 0.0238. The molecule has 3 heterocycles. The molecule has 0 radical (unpaired) electrons. The molecule has 1 N–H and O–H groups in total. The number of thiazole rings is 1. The molecule has 0 saturated carbocycles. The largest absolute Gasteiger partial charge is 0.350 e. The van der Waals surface area contributed by atoms with Crippen molar-refractivity contribution in [3.63, 3.8) is 0 Å². The molecular formula is C15H15N3O2S2. The summed E-state index contributed by atoms with van der Waals surface area (Å²) < 4.78 is 1.93. The first kappa shape index (κ1) is 14.9. The Morgan fingerprint density at radius 2 is 2.18 bits per heavy atom. The number of nitrogens with zero attached hydrogens (tertiary/aromatic N) is 2. The number of rotatable bonds is 6. The molecule has 0 atom stereocenters. The maximum absolute atomic E-state index is 11.9. The van der Waals surface area contributed by atoms with Crippen LogP contribution < -0.4 is 5.32 Å². The van der Waals surface area contributed by atoms with Crippen LogP contribution in [0.3, 0.4) is 0 Å². The first-order valence-corrected chi connectivity index (χ1v) is 8.59. The van der Waals surface area contributed by atoms with E-state index in [4.69, 9.17) is 0 Å². The van der Waals surface area contributed by atoms with Crippen LogP contribution in [0, 0.1) is 6.92 Å². The second-order valence-electron chi connectivity index (χ2n) is 4.94. The fourth-order valence-corrected chi connectivity index (χ4v) is 3.63. The molecule has 0 aliphatic heterocycles. The van der Waals surface area contributed by atoms with Crippen LogP contribution in [0.5, 0.6) is 0 Å². The van der Waals surface area contributed by atoms with Gasteiger partial charge in [-0.15, -0.1) is 22.7 Å². The van der Waals surface area contributed by atoms with E-state index in [1.807, 2.05) is 41.2 Å². The number of Topliss-reactive ketones (excluding diaryl/α,β-unsaturated/α-hetero) is 1. The number of aryl methyl sites for hydroxylation is 1. The van der Waals surface area contributed by atoms with Gasteiger partial charge in [0.2, 0.25) is 5.91 Å². The first-order chi connectivity index (χ1) is 10.6. The van der Waals surface area contributed by atoms with Gasteiger partial charge < -0.3 is 5.32 Å². The SMILES string of the molecule is Cc1ccc(C(=O)CCC(=O)NCc2cn3ccsc3n2)s1. The van der Waals surface area contributed by atoms with Crippen LogP contribution in [-0.2, 0) is 11.3 Å². The summed E-state index contributed by atoms with van der Waals surface area (Å²) in [5.41, 5.74) is 0.820. The highest BCUT2D eigenvalue weighted by Gasteiger charge is 2.11. The van der Waals surface area contributed by atoms with E-state index in [1.54, 1.807) is 11.3 Å². The van der Waals surface area contributed by atoms with Gasteiger partial charge >= 0.3 is 0 Å². The summed E-state index contributed by atoms with van der Waals surface area (Å²) >= 11 is 3.02. The Hall–Kier alpha value is -1.99. The molecular weight excluding hydrogens is 318 g/mol. The number of carbonyl (C=O) groups excluding carboxylic acids is 2. The molecule has 0 fully saturated rings. The maximum atomic E-state index is 11.9. The van der Waals surface area contributed by atoms with Crippen LogP contribution in [0.1, 0.15) is 33.1 Å². The second kappa shape index (κ2) is 6.41. The maximum Gasteiger partial charge on any atom is 0.220 e. The summed E-state index contributed by atoms with van der Waals surface area (Å²) in [6.07, 6.45) is 4.27. The average molecular weight is 333 g/mol. The number of imidazole rings is 1. The van der Waals surface area contributed by atoms with E-state index in [2.05, 4.69) is 10.3 Å². The summed E-state index contributed by atoms with van der Waals surface area (Å²) in [5.74, 6) is -0.103. The third-order valence-electron chi connectivity index (χ3n) is 3.20. The van der Waals surface area contributed by atoms with E-state index < -0.39 is 0 Å². The van der Waals surface area contributed by atoms with Gasteiger partial charge in [0, 0.05) is 35.5 Å². The van der Waals surface area contributed by atoms with Crippen molar-refractivity contribution >= 4 is 39.3 Å². The molecule has 1 amide bonds. The summed E-state index contributed by atoms with van der Waals surface area (Å²) in [5, 5.41) is 4.76. The molecule has 0 saturated heterocycles. The zero-order valence-electron chi connectivity index (χ0n) is 12.0. The molecule has 3 rings (SSSR count). The van der Waals surface area contributed by atoms with Crippen molar-refractivity contribution in [3.05, 3.63) is 45.4 Å². The molecule has 0 aromatic carbocycles. The zero-order valence-corrected chi connectivity index (χ0v) is 13.7. The van der Waals surface area contributed by atoms with Crippen molar-refractivity contribution in [2.75, 3.05) is 0 Å². The number of nitrogens with one attached hydrogen (secondary N) is 1. The molecule has 0 unspecified atom stereocenters. The molecule has 0 spiro atoms. The van der Waals surface area contributed by atoms with Gasteiger partial charge in [-0.1, -0.05) is 0 Å². The molecule has 22 heavy (non-hydrogen) atoms. The fourth-order valence-electron chi connectivity index (χ4n) is 2.07. The molecule has 7 heteroatoms. The summed E-state index contributed by atoms with van der Waals surface area (Å²) in [6.45, 7) is 2.35. The Labute approximate surface area is 135 Å². The van der Waals surface area contributed by atoms with Crippen molar-refractivity contribution in [2.24, 2.45) is 0 Å². The Balaban J connectivity index is 1.46. The molecule has 114 valence electrons. The number of aromatic nitrogens is 2. The average Bonchev–Trinajstić information content (AvgIpc) is 3.17. The third-order valence-corrected chi connectivity index (χ3v) is 5.02. The van der Waals surface area contributed by atoms with Gasteiger partial charge in [-0.05, 0) is 19.1 Å². The molecule has 0 bridgehead atoms. The van der Waals surface area contributed by atoms with Crippen LogP contribution >= 0.6 is 22.7 Å². The van der Waals surface area contributed by atoms with Gasteiger partial charge in [-0.2, -0.15) is 0 Å². The van der Waals surface area contributed by atoms with Crippen LogP contribution in [0.4, 0.5) is 0 Å². The predicted molar refractivity (Wildman–Crippen MR) is 87.5 cm³/mol. The fraction of sp³-hybridized carbons (Fsp3) is 0.267. The van der Waals surface area contributed by atoms with Crippen molar-refractivity contribution in [3.8, 4) is 0 Å². The van der Waals surface area contributed by atoms with Crippen LogP contribution in [-0.4, -0.2) is 21.1 Å². The van der Waals surface area contributed by atoms with Gasteiger partial charge in [0.15, 0.2) is 10.7 Å². The summed E-state index contributed by atoms with van der Waals surface area (Å²) in [6, 6.07) is 3.74. The van der Waals surface area contributed by atoms with E-state index in [0.29, 0.717) is 6.54 Å². The Bertz CT molecular complexity index is 787. The van der Waals surface area contributed by atoms with Gasteiger partial charge in [-0.25, -0.2) is 4.98 Å². The Morgan fingerprint density at radius 3 is 2.91 bits per heavy atom. The Kier molecular flexibility index (Phi) is 4.35. The van der Waals surface area contributed by atoms with E-state index in [1.165, 1.54) is 11.3 Å². The highest BCUT2D eigenvalue weighted by molar-refractivity contribution is 7.15. The van der Waals surface area contributed by atoms with Crippen LogP contribution in [0.15, 0.2) is 29.9 Å². The van der Waals surface area contributed by atoms with E-state index in [-0.39, 0.29) is 24.5 Å². The first-order valence-electron chi connectivity index (χ1n) is 6.89.